The number of ether oxygens (including phenoxy) is 2. The molecule has 8 heteroatoms. The van der Waals surface area contributed by atoms with Crippen molar-refractivity contribution in [3.05, 3.63) is 86.8 Å². The van der Waals surface area contributed by atoms with Crippen molar-refractivity contribution in [2.75, 3.05) is 7.11 Å². The van der Waals surface area contributed by atoms with Gasteiger partial charge in [0, 0.05) is 4.88 Å². The molecule has 1 aliphatic carbocycles. The smallest absolute Gasteiger partial charge is 0.343 e. The van der Waals surface area contributed by atoms with E-state index in [4.69, 9.17) is 9.47 Å². The van der Waals surface area contributed by atoms with Gasteiger partial charge in [-0.15, -0.1) is 11.3 Å². The molecule has 4 aromatic rings. The molecule has 0 bridgehead atoms. The van der Waals surface area contributed by atoms with Crippen LogP contribution in [0.4, 0.5) is 0 Å². The second-order valence-electron chi connectivity index (χ2n) is 7.72. The SMILES string of the molecule is COc1ccc(C(=O)Oc2ccc(/C=N\n3cnc4sc5c(c4c3=O)CCCC5)cc2)cc1. The van der Waals surface area contributed by atoms with E-state index in [1.165, 1.54) is 15.9 Å². The van der Waals surface area contributed by atoms with E-state index in [2.05, 4.69) is 10.1 Å². The van der Waals surface area contributed by atoms with Crippen LogP contribution in [0.2, 0.25) is 0 Å². The van der Waals surface area contributed by atoms with E-state index in [0.717, 1.165) is 41.6 Å². The van der Waals surface area contributed by atoms with Crippen molar-refractivity contribution in [2.24, 2.45) is 5.10 Å². The van der Waals surface area contributed by atoms with Crippen LogP contribution in [0.15, 0.2) is 64.8 Å². The van der Waals surface area contributed by atoms with Crippen molar-refractivity contribution in [2.45, 2.75) is 25.7 Å². The lowest BCUT2D eigenvalue weighted by Crippen LogP contribution is -2.18. The zero-order chi connectivity index (χ0) is 22.8. The molecule has 0 amide bonds. The van der Waals surface area contributed by atoms with Crippen molar-refractivity contribution in [1.29, 1.82) is 0 Å². The largest absolute Gasteiger partial charge is 0.497 e. The van der Waals surface area contributed by atoms with Gasteiger partial charge in [-0.25, -0.2) is 9.78 Å². The van der Waals surface area contributed by atoms with Gasteiger partial charge in [0.25, 0.3) is 5.56 Å². The molecule has 33 heavy (non-hydrogen) atoms. The molecule has 2 heterocycles. The molecule has 0 radical (unpaired) electrons. The Labute approximate surface area is 193 Å². The first-order valence-electron chi connectivity index (χ1n) is 10.6. The van der Waals surface area contributed by atoms with E-state index in [0.29, 0.717) is 22.4 Å². The molecule has 5 rings (SSSR count). The van der Waals surface area contributed by atoms with Crippen molar-refractivity contribution in [3.8, 4) is 11.5 Å². The Morgan fingerprint density at radius 2 is 1.79 bits per heavy atom. The number of nitrogens with zero attached hydrogens (tertiary/aromatic N) is 3. The average molecular weight is 460 g/mol. The number of carbonyl (C=O) groups is 1. The Balaban J connectivity index is 1.31. The minimum Gasteiger partial charge on any atom is -0.497 e. The summed E-state index contributed by atoms with van der Waals surface area (Å²) in [5, 5.41) is 5.01. The van der Waals surface area contributed by atoms with Crippen LogP contribution in [0.3, 0.4) is 0 Å². The maximum atomic E-state index is 13.0. The standard InChI is InChI=1S/C25H21N3O4S/c1-31-18-12-8-17(9-13-18)25(30)32-19-10-6-16(7-11-19)14-27-28-15-26-23-22(24(28)29)20-4-2-3-5-21(20)33-23/h6-15H,2-5H2,1H3/b27-14-. The summed E-state index contributed by atoms with van der Waals surface area (Å²) in [5.74, 6) is 0.629. The van der Waals surface area contributed by atoms with Gasteiger partial charge >= 0.3 is 5.97 Å². The average Bonchev–Trinajstić information content (AvgIpc) is 3.24. The summed E-state index contributed by atoms with van der Waals surface area (Å²) in [6, 6.07) is 13.6. The van der Waals surface area contributed by atoms with E-state index in [1.54, 1.807) is 73.2 Å². The lowest BCUT2D eigenvalue weighted by Gasteiger charge is -2.09. The van der Waals surface area contributed by atoms with Crippen molar-refractivity contribution in [3.63, 3.8) is 0 Å². The normalized spacial score (nSPS) is 13.2. The molecule has 0 saturated heterocycles. The predicted octanol–water partition coefficient (Wildman–Crippen LogP) is 4.45. The topological polar surface area (TPSA) is 82.8 Å². The van der Waals surface area contributed by atoms with Crippen LogP contribution in [0.25, 0.3) is 10.2 Å². The quantitative estimate of drug-likeness (QED) is 0.250. The Morgan fingerprint density at radius 3 is 2.55 bits per heavy atom. The minimum atomic E-state index is -0.455. The van der Waals surface area contributed by atoms with Crippen LogP contribution in [0.1, 0.15) is 39.2 Å². The third-order valence-electron chi connectivity index (χ3n) is 5.61. The number of methoxy groups -OCH3 is 1. The van der Waals surface area contributed by atoms with Gasteiger partial charge in [0.1, 0.15) is 22.7 Å². The number of fused-ring (bicyclic) bond motifs is 3. The molecule has 0 spiro atoms. The Kier molecular flexibility index (Phi) is 5.75. The first-order chi connectivity index (χ1) is 16.1. The third-order valence-corrected chi connectivity index (χ3v) is 6.81. The van der Waals surface area contributed by atoms with E-state index >= 15 is 0 Å². The summed E-state index contributed by atoms with van der Waals surface area (Å²) in [6.07, 6.45) is 7.27. The molecule has 7 nitrogen and oxygen atoms in total. The van der Waals surface area contributed by atoms with Crippen LogP contribution >= 0.6 is 11.3 Å². The lowest BCUT2D eigenvalue weighted by molar-refractivity contribution is 0.0734. The number of esters is 1. The highest BCUT2D eigenvalue weighted by molar-refractivity contribution is 7.18. The van der Waals surface area contributed by atoms with Gasteiger partial charge in [-0.05, 0) is 85.3 Å². The highest BCUT2D eigenvalue weighted by Crippen LogP contribution is 2.33. The van der Waals surface area contributed by atoms with Gasteiger partial charge in [0.05, 0.1) is 24.3 Å². The molecule has 2 aromatic carbocycles. The molecule has 166 valence electrons. The van der Waals surface area contributed by atoms with Crippen molar-refractivity contribution >= 4 is 33.7 Å². The van der Waals surface area contributed by atoms with Crippen LogP contribution in [0.5, 0.6) is 11.5 Å². The second kappa shape index (κ2) is 8.99. The highest BCUT2D eigenvalue weighted by Gasteiger charge is 2.19. The summed E-state index contributed by atoms with van der Waals surface area (Å²) >= 11 is 1.62. The Bertz CT molecular complexity index is 1400. The van der Waals surface area contributed by atoms with E-state index in [9.17, 15) is 9.59 Å². The fraction of sp³-hybridized carbons (Fsp3) is 0.200. The Hall–Kier alpha value is -3.78. The number of carbonyl (C=O) groups excluding carboxylic acids is 1. The molecular formula is C25H21N3O4S. The number of thiophene rings is 1. The number of hydrogen-bond donors (Lipinski definition) is 0. The minimum absolute atomic E-state index is 0.138. The molecule has 0 aliphatic heterocycles. The summed E-state index contributed by atoms with van der Waals surface area (Å²) in [6.45, 7) is 0. The van der Waals surface area contributed by atoms with Gasteiger partial charge in [-0.2, -0.15) is 9.78 Å². The van der Waals surface area contributed by atoms with E-state index in [1.807, 2.05) is 0 Å². The summed E-state index contributed by atoms with van der Waals surface area (Å²) in [4.78, 5) is 31.8. The van der Waals surface area contributed by atoms with Gasteiger partial charge < -0.3 is 9.47 Å². The van der Waals surface area contributed by atoms with Gasteiger partial charge in [-0.3, -0.25) is 4.79 Å². The third kappa shape index (κ3) is 4.29. The maximum absolute atomic E-state index is 13.0. The lowest BCUT2D eigenvalue weighted by atomic mass is 9.97. The number of aryl methyl sites for hydroxylation is 2. The number of rotatable bonds is 5. The van der Waals surface area contributed by atoms with Crippen LogP contribution < -0.4 is 15.0 Å². The fourth-order valence-corrected chi connectivity index (χ4v) is 5.08. The zero-order valence-electron chi connectivity index (χ0n) is 18.0. The number of hydrogen-bond acceptors (Lipinski definition) is 7. The van der Waals surface area contributed by atoms with Gasteiger partial charge in [0.15, 0.2) is 0 Å². The van der Waals surface area contributed by atoms with Crippen LogP contribution in [-0.4, -0.2) is 29.0 Å². The molecule has 0 N–H and O–H groups in total. The molecule has 0 unspecified atom stereocenters. The summed E-state index contributed by atoms with van der Waals surface area (Å²) in [7, 11) is 1.57. The molecule has 2 aromatic heterocycles. The zero-order valence-corrected chi connectivity index (χ0v) is 18.8. The highest BCUT2D eigenvalue weighted by atomic mass is 32.1. The van der Waals surface area contributed by atoms with E-state index < -0.39 is 5.97 Å². The molecule has 0 fully saturated rings. The molecular weight excluding hydrogens is 438 g/mol. The summed E-state index contributed by atoms with van der Waals surface area (Å²) in [5.41, 5.74) is 2.20. The van der Waals surface area contributed by atoms with E-state index in [-0.39, 0.29) is 5.56 Å². The first-order valence-corrected chi connectivity index (χ1v) is 11.5. The maximum Gasteiger partial charge on any atom is 0.343 e. The van der Waals surface area contributed by atoms with Crippen LogP contribution in [-0.2, 0) is 12.8 Å². The second-order valence-corrected chi connectivity index (χ2v) is 8.80. The van der Waals surface area contributed by atoms with Crippen LogP contribution in [0, 0.1) is 0 Å². The monoisotopic (exact) mass is 459 g/mol. The van der Waals surface area contributed by atoms with Gasteiger partial charge in [-0.1, -0.05) is 0 Å². The number of aromatic nitrogens is 2. The summed E-state index contributed by atoms with van der Waals surface area (Å²) < 4.78 is 11.8. The van der Waals surface area contributed by atoms with Gasteiger partial charge in [0.2, 0.25) is 0 Å². The fourth-order valence-electron chi connectivity index (χ4n) is 3.86. The molecule has 1 aliphatic rings. The number of benzene rings is 2. The first kappa shape index (κ1) is 21.1. The van der Waals surface area contributed by atoms with Crippen molar-refractivity contribution < 1.29 is 14.3 Å². The Morgan fingerprint density at radius 1 is 1.06 bits per heavy atom. The molecule has 0 atom stereocenters. The molecule has 0 saturated carbocycles. The predicted molar refractivity (Wildman–Crippen MR) is 128 cm³/mol. The van der Waals surface area contributed by atoms with Crippen molar-refractivity contribution in [1.82, 2.24) is 9.66 Å².